The van der Waals surface area contributed by atoms with Crippen molar-refractivity contribution in [3.63, 3.8) is 0 Å². The number of alkyl halides is 3. The summed E-state index contributed by atoms with van der Waals surface area (Å²) >= 11 is 0. The van der Waals surface area contributed by atoms with Gasteiger partial charge in [-0.3, -0.25) is 0 Å². The number of aromatic nitrogens is 1. The minimum Gasteiger partial charge on any atom is -0.242 e. The molecule has 0 atom stereocenters. The molecular weight excluding hydrogens is 181 g/mol. The zero-order chi connectivity index (χ0) is 9.90. The SMILES string of the molecule is CC=Nc1cccc(C(F)(F)F)n1. The zero-order valence-electron chi connectivity index (χ0n) is 6.84. The summed E-state index contributed by atoms with van der Waals surface area (Å²) in [7, 11) is 0. The fourth-order valence-corrected chi connectivity index (χ4v) is 0.785. The van der Waals surface area contributed by atoms with E-state index in [1.54, 1.807) is 6.92 Å². The molecule has 0 amide bonds. The summed E-state index contributed by atoms with van der Waals surface area (Å²) in [5.74, 6) is 0.0670. The Hall–Kier alpha value is -1.39. The lowest BCUT2D eigenvalue weighted by Gasteiger charge is -2.04. The summed E-state index contributed by atoms with van der Waals surface area (Å²) in [5, 5.41) is 0. The predicted molar refractivity (Wildman–Crippen MR) is 43.1 cm³/mol. The highest BCUT2D eigenvalue weighted by Crippen LogP contribution is 2.28. The lowest BCUT2D eigenvalue weighted by Crippen LogP contribution is -2.06. The number of rotatable bonds is 1. The number of aliphatic imine (C=N–C) groups is 1. The summed E-state index contributed by atoms with van der Waals surface area (Å²) in [6, 6.07) is 3.60. The van der Waals surface area contributed by atoms with Gasteiger partial charge >= 0.3 is 6.18 Å². The highest BCUT2D eigenvalue weighted by atomic mass is 19.4. The number of hydrogen-bond donors (Lipinski definition) is 0. The first kappa shape index (κ1) is 9.70. The molecule has 0 aromatic carbocycles. The highest BCUT2D eigenvalue weighted by molar-refractivity contribution is 5.58. The van der Waals surface area contributed by atoms with Gasteiger partial charge in [-0.25, -0.2) is 9.98 Å². The van der Waals surface area contributed by atoms with Gasteiger partial charge in [0.1, 0.15) is 5.69 Å². The van der Waals surface area contributed by atoms with Crippen molar-refractivity contribution in [1.82, 2.24) is 4.98 Å². The van der Waals surface area contributed by atoms with E-state index in [1.165, 1.54) is 18.3 Å². The third-order valence-corrected chi connectivity index (χ3v) is 1.29. The Bertz CT molecular complexity index is 317. The molecule has 0 saturated carbocycles. The van der Waals surface area contributed by atoms with Crippen molar-refractivity contribution in [3.05, 3.63) is 23.9 Å². The maximum atomic E-state index is 12.1. The highest BCUT2D eigenvalue weighted by Gasteiger charge is 2.32. The monoisotopic (exact) mass is 188 g/mol. The summed E-state index contributed by atoms with van der Waals surface area (Å²) in [6.45, 7) is 1.61. The van der Waals surface area contributed by atoms with E-state index >= 15 is 0 Å². The van der Waals surface area contributed by atoms with Crippen LogP contribution in [0.25, 0.3) is 0 Å². The van der Waals surface area contributed by atoms with Gasteiger partial charge in [0.25, 0.3) is 0 Å². The second-order valence-electron chi connectivity index (χ2n) is 2.27. The maximum Gasteiger partial charge on any atom is 0.433 e. The van der Waals surface area contributed by atoms with E-state index in [4.69, 9.17) is 0 Å². The van der Waals surface area contributed by atoms with Crippen LogP contribution in [-0.4, -0.2) is 11.2 Å². The lowest BCUT2D eigenvalue weighted by molar-refractivity contribution is -0.141. The molecule has 0 unspecified atom stereocenters. The van der Waals surface area contributed by atoms with Gasteiger partial charge in [-0.1, -0.05) is 6.07 Å². The van der Waals surface area contributed by atoms with E-state index in [0.717, 1.165) is 6.07 Å². The van der Waals surface area contributed by atoms with Crippen LogP contribution in [0.15, 0.2) is 23.2 Å². The van der Waals surface area contributed by atoms with Crippen LogP contribution in [0.3, 0.4) is 0 Å². The molecule has 5 heteroatoms. The van der Waals surface area contributed by atoms with Crippen LogP contribution < -0.4 is 0 Å². The third-order valence-electron chi connectivity index (χ3n) is 1.29. The third kappa shape index (κ3) is 2.54. The van der Waals surface area contributed by atoms with Crippen LogP contribution in [0, 0.1) is 0 Å². The van der Waals surface area contributed by atoms with Crippen LogP contribution >= 0.6 is 0 Å². The Labute approximate surface area is 73.1 Å². The number of halogens is 3. The van der Waals surface area contributed by atoms with Crippen molar-refractivity contribution in [2.75, 3.05) is 0 Å². The molecule has 0 N–H and O–H groups in total. The fraction of sp³-hybridized carbons (Fsp3) is 0.250. The molecule has 0 aliphatic carbocycles. The number of hydrogen-bond acceptors (Lipinski definition) is 2. The largest absolute Gasteiger partial charge is 0.433 e. The zero-order valence-corrected chi connectivity index (χ0v) is 6.84. The Morgan fingerprint density at radius 1 is 1.38 bits per heavy atom. The van der Waals surface area contributed by atoms with Gasteiger partial charge in [0.05, 0.1) is 0 Å². The van der Waals surface area contributed by atoms with E-state index in [1.807, 2.05) is 0 Å². The van der Waals surface area contributed by atoms with Crippen molar-refractivity contribution in [3.8, 4) is 0 Å². The van der Waals surface area contributed by atoms with Crippen LogP contribution in [0.2, 0.25) is 0 Å². The minimum absolute atomic E-state index is 0.0670. The van der Waals surface area contributed by atoms with Gasteiger partial charge in [0.15, 0.2) is 5.82 Å². The molecule has 1 aromatic rings. The molecule has 0 saturated heterocycles. The van der Waals surface area contributed by atoms with Crippen molar-refractivity contribution in [2.24, 2.45) is 4.99 Å². The predicted octanol–water partition coefficient (Wildman–Crippen LogP) is 2.82. The first-order valence-electron chi connectivity index (χ1n) is 3.57. The molecule has 0 fully saturated rings. The molecule has 13 heavy (non-hydrogen) atoms. The van der Waals surface area contributed by atoms with Crippen LogP contribution in [0.4, 0.5) is 19.0 Å². The van der Waals surface area contributed by atoms with Crippen LogP contribution in [0.1, 0.15) is 12.6 Å². The molecule has 0 bridgehead atoms. The van der Waals surface area contributed by atoms with Gasteiger partial charge in [0.2, 0.25) is 0 Å². The standard InChI is InChI=1S/C8H7F3N2/c1-2-12-7-5-3-4-6(13-7)8(9,10)11/h2-5H,1H3. The Morgan fingerprint density at radius 3 is 2.62 bits per heavy atom. The average Bonchev–Trinajstić information content (AvgIpc) is 2.04. The quantitative estimate of drug-likeness (QED) is 0.622. The van der Waals surface area contributed by atoms with E-state index in [0.29, 0.717) is 0 Å². The van der Waals surface area contributed by atoms with Crippen molar-refractivity contribution >= 4 is 12.0 Å². The molecule has 1 rings (SSSR count). The second kappa shape index (κ2) is 3.55. The number of pyridine rings is 1. The molecule has 2 nitrogen and oxygen atoms in total. The molecule has 0 radical (unpaired) electrons. The van der Waals surface area contributed by atoms with Gasteiger partial charge in [0, 0.05) is 6.21 Å². The van der Waals surface area contributed by atoms with E-state index in [-0.39, 0.29) is 5.82 Å². The normalized spacial score (nSPS) is 12.3. The molecule has 70 valence electrons. The topological polar surface area (TPSA) is 25.2 Å². The molecule has 1 heterocycles. The molecule has 0 aliphatic heterocycles. The smallest absolute Gasteiger partial charge is 0.242 e. The Morgan fingerprint density at radius 2 is 2.08 bits per heavy atom. The van der Waals surface area contributed by atoms with E-state index in [2.05, 4.69) is 9.98 Å². The average molecular weight is 188 g/mol. The Balaban J connectivity index is 3.05. The first-order chi connectivity index (χ1) is 6.04. The van der Waals surface area contributed by atoms with Gasteiger partial charge in [-0.05, 0) is 19.1 Å². The van der Waals surface area contributed by atoms with Crippen molar-refractivity contribution in [2.45, 2.75) is 13.1 Å². The summed E-state index contributed by atoms with van der Waals surface area (Å²) in [4.78, 5) is 6.96. The lowest BCUT2D eigenvalue weighted by atomic mass is 10.3. The molecule has 0 aliphatic rings. The van der Waals surface area contributed by atoms with E-state index < -0.39 is 11.9 Å². The maximum absolute atomic E-state index is 12.1. The summed E-state index contributed by atoms with van der Waals surface area (Å²) in [5.41, 5.74) is -0.921. The van der Waals surface area contributed by atoms with Crippen molar-refractivity contribution < 1.29 is 13.2 Å². The summed E-state index contributed by atoms with van der Waals surface area (Å²) in [6.07, 6.45) is -3.01. The van der Waals surface area contributed by atoms with Gasteiger partial charge in [-0.15, -0.1) is 0 Å². The van der Waals surface area contributed by atoms with Crippen LogP contribution in [-0.2, 0) is 6.18 Å². The fourth-order valence-electron chi connectivity index (χ4n) is 0.785. The molecular formula is C8H7F3N2. The van der Waals surface area contributed by atoms with Crippen molar-refractivity contribution in [1.29, 1.82) is 0 Å². The van der Waals surface area contributed by atoms with E-state index in [9.17, 15) is 13.2 Å². The Kier molecular flexibility index (Phi) is 2.65. The first-order valence-corrected chi connectivity index (χ1v) is 3.57. The molecule has 1 aromatic heterocycles. The second-order valence-corrected chi connectivity index (χ2v) is 2.27. The van der Waals surface area contributed by atoms with Gasteiger partial charge < -0.3 is 0 Å². The van der Waals surface area contributed by atoms with Gasteiger partial charge in [-0.2, -0.15) is 13.2 Å². The van der Waals surface area contributed by atoms with Crippen LogP contribution in [0.5, 0.6) is 0 Å². The molecule has 0 spiro atoms. The minimum atomic E-state index is -4.40. The number of nitrogens with zero attached hydrogens (tertiary/aromatic N) is 2. The summed E-state index contributed by atoms with van der Waals surface area (Å²) < 4.78 is 36.3.